The van der Waals surface area contributed by atoms with E-state index in [1.54, 1.807) is 18.6 Å². The Balaban J connectivity index is 1.49. The van der Waals surface area contributed by atoms with Crippen molar-refractivity contribution in [3.63, 3.8) is 0 Å². The quantitative estimate of drug-likeness (QED) is 0.791. The fourth-order valence-corrected chi connectivity index (χ4v) is 2.78. The summed E-state index contributed by atoms with van der Waals surface area (Å²) in [4.78, 5) is 16.6. The molecule has 3 heterocycles. The van der Waals surface area contributed by atoms with Crippen LogP contribution in [0.1, 0.15) is 32.0 Å². The molecule has 2 N–H and O–H groups in total. The van der Waals surface area contributed by atoms with Gasteiger partial charge >= 0.3 is 0 Å². The predicted molar refractivity (Wildman–Crippen MR) is 86.7 cm³/mol. The summed E-state index contributed by atoms with van der Waals surface area (Å²) < 4.78 is 13.2. The van der Waals surface area contributed by atoms with Crippen molar-refractivity contribution in [3.05, 3.63) is 30.6 Å². The van der Waals surface area contributed by atoms with E-state index in [0.29, 0.717) is 37.8 Å². The first-order valence-corrected chi connectivity index (χ1v) is 8.17. The molecule has 8 heteroatoms. The second kappa shape index (κ2) is 7.48. The molecule has 0 spiro atoms. The molecule has 0 saturated carbocycles. The maximum absolute atomic E-state index is 12.2. The molecule has 0 unspecified atom stereocenters. The van der Waals surface area contributed by atoms with Crippen LogP contribution >= 0.6 is 0 Å². The normalized spacial score (nSPS) is 20.5. The molecule has 1 amide bonds. The molecule has 0 aliphatic carbocycles. The molecule has 2 aromatic rings. The monoisotopic (exact) mass is 333 g/mol. The first kappa shape index (κ1) is 16.5. The molecular formula is C16H23N5O3. The maximum Gasteiger partial charge on any atom is 0.222 e. The standard InChI is InChI=1S/C16H23N5O3/c1-11(2)16-17-4-6-21(16)5-3-15(22)20-13-9-23-10-14(13)24-12-7-18-19-8-12/h4,6-8,11,13-14H,3,5,9-10H2,1-2H3,(H,18,19)(H,20,22)/t13-,14+/m0/s1. The zero-order valence-electron chi connectivity index (χ0n) is 13.9. The van der Waals surface area contributed by atoms with E-state index in [2.05, 4.69) is 34.3 Å². The molecule has 3 rings (SSSR count). The first-order chi connectivity index (χ1) is 11.6. The first-order valence-electron chi connectivity index (χ1n) is 8.17. The van der Waals surface area contributed by atoms with E-state index < -0.39 is 0 Å². The van der Waals surface area contributed by atoms with Crippen LogP contribution in [0.25, 0.3) is 0 Å². The molecular weight excluding hydrogens is 310 g/mol. The molecule has 1 fully saturated rings. The molecule has 2 atom stereocenters. The maximum atomic E-state index is 12.2. The van der Waals surface area contributed by atoms with Crippen LogP contribution in [0.3, 0.4) is 0 Å². The number of H-pyrrole nitrogens is 1. The molecule has 0 radical (unpaired) electrons. The van der Waals surface area contributed by atoms with Crippen LogP contribution < -0.4 is 10.1 Å². The SMILES string of the molecule is CC(C)c1nccn1CCC(=O)N[C@H]1COC[C@H]1Oc1cn[nH]c1. The van der Waals surface area contributed by atoms with Crippen molar-refractivity contribution in [1.29, 1.82) is 0 Å². The summed E-state index contributed by atoms with van der Waals surface area (Å²) in [6.07, 6.45) is 7.14. The highest BCUT2D eigenvalue weighted by Crippen LogP contribution is 2.16. The second-order valence-corrected chi connectivity index (χ2v) is 6.19. The lowest BCUT2D eigenvalue weighted by Crippen LogP contribution is -2.45. The topological polar surface area (TPSA) is 94.1 Å². The van der Waals surface area contributed by atoms with Gasteiger partial charge in [-0.05, 0) is 0 Å². The lowest BCUT2D eigenvalue weighted by Gasteiger charge is -2.20. The fraction of sp³-hybridized carbons (Fsp3) is 0.562. The van der Waals surface area contributed by atoms with Crippen molar-refractivity contribution in [1.82, 2.24) is 25.1 Å². The van der Waals surface area contributed by atoms with E-state index >= 15 is 0 Å². The summed E-state index contributed by atoms with van der Waals surface area (Å²) in [5.74, 6) is 1.95. The summed E-state index contributed by atoms with van der Waals surface area (Å²) in [5.41, 5.74) is 0. The minimum Gasteiger partial charge on any atom is -0.482 e. The molecule has 0 aromatic carbocycles. The van der Waals surface area contributed by atoms with Crippen LogP contribution in [0.4, 0.5) is 0 Å². The zero-order chi connectivity index (χ0) is 16.9. The number of aromatic nitrogens is 4. The van der Waals surface area contributed by atoms with Gasteiger partial charge in [0.1, 0.15) is 11.9 Å². The zero-order valence-corrected chi connectivity index (χ0v) is 13.9. The Bertz CT molecular complexity index is 652. The van der Waals surface area contributed by atoms with Crippen molar-refractivity contribution >= 4 is 5.91 Å². The Morgan fingerprint density at radius 2 is 2.42 bits per heavy atom. The number of nitrogens with one attached hydrogen (secondary N) is 2. The summed E-state index contributed by atoms with van der Waals surface area (Å²) in [6, 6.07) is -0.153. The molecule has 2 aromatic heterocycles. The summed E-state index contributed by atoms with van der Waals surface area (Å²) >= 11 is 0. The van der Waals surface area contributed by atoms with Crippen molar-refractivity contribution in [2.75, 3.05) is 13.2 Å². The number of carbonyl (C=O) groups excluding carboxylic acids is 1. The largest absolute Gasteiger partial charge is 0.482 e. The number of amides is 1. The number of hydrogen-bond donors (Lipinski definition) is 2. The van der Waals surface area contributed by atoms with Crippen LogP contribution in [-0.4, -0.2) is 51.0 Å². The molecule has 8 nitrogen and oxygen atoms in total. The number of aromatic amines is 1. The Morgan fingerprint density at radius 3 is 3.17 bits per heavy atom. The van der Waals surface area contributed by atoms with Gasteiger partial charge in [-0.15, -0.1) is 0 Å². The number of rotatable bonds is 7. The molecule has 130 valence electrons. The molecule has 24 heavy (non-hydrogen) atoms. The smallest absolute Gasteiger partial charge is 0.222 e. The number of imidazole rings is 1. The third-order valence-corrected chi connectivity index (χ3v) is 3.98. The van der Waals surface area contributed by atoms with Crippen LogP contribution in [0.5, 0.6) is 5.75 Å². The van der Waals surface area contributed by atoms with Crippen molar-refractivity contribution in [3.8, 4) is 5.75 Å². The third kappa shape index (κ3) is 3.94. The van der Waals surface area contributed by atoms with Crippen LogP contribution in [0.2, 0.25) is 0 Å². The molecule has 1 aliphatic heterocycles. The van der Waals surface area contributed by atoms with Gasteiger partial charge in [-0.25, -0.2) is 4.98 Å². The highest BCUT2D eigenvalue weighted by Gasteiger charge is 2.31. The Kier molecular flexibility index (Phi) is 5.14. The van der Waals surface area contributed by atoms with Crippen LogP contribution in [-0.2, 0) is 16.1 Å². The van der Waals surface area contributed by atoms with Crippen molar-refractivity contribution in [2.24, 2.45) is 0 Å². The van der Waals surface area contributed by atoms with Gasteiger partial charge in [0.15, 0.2) is 5.75 Å². The van der Waals surface area contributed by atoms with Crippen LogP contribution in [0.15, 0.2) is 24.8 Å². The fourth-order valence-electron chi connectivity index (χ4n) is 2.78. The summed E-state index contributed by atoms with van der Waals surface area (Å²) in [6.45, 7) is 5.70. The Labute approximate surface area is 140 Å². The van der Waals surface area contributed by atoms with Crippen molar-refractivity contribution in [2.45, 2.75) is 44.9 Å². The number of ether oxygens (including phenoxy) is 2. The van der Waals surface area contributed by atoms with E-state index in [9.17, 15) is 4.79 Å². The third-order valence-electron chi connectivity index (χ3n) is 3.98. The van der Waals surface area contributed by atoms with E-state index in [1.165, 1.54) is 0 Å². The lowest BCUT2D eigenvalue weighted by atomic mass is 10.2. The molecule has 0 bridgehead atoms. The summed E-state index contributed by atoms with van der Waals surface area (Å²) in [5, 5.41) is 9.54. The van der Waals surface area contributed by atoms with Gasteiger partial charge in [0.05, 0.1) is 31.6 Å². The van der Waals surface area contributed by atoms with Gasteiger partial charge in [-0.2, -0.15) is 5.10 Å². The van der Waals surface area contributed by atoms with Gasteiger partial charge in [-0.3, -0.25) is 9.89 Å². The Hall–Kier alpha value is -2.35. The highest BCUT2D eigenvalue weighted by atomic mass is 16.5. The van der Waals surface area contributed by atoms with Crippen molar-refractivity contribution < 1.29 is 14.3 Å². The van der Waals surface area contributed by atoms with Gasteiger partial charge in [0, 0.05) is 31.3 Å². The van der Waals surface area contributed by atoms with E-state index in [4.69, 9.17) is 9.47 Å². The average Bonchev–Trinajstić information content (AvgIpc) is 3.28. The second-order valence-electron chi connectivity index (χ2n) is 6.19. The minimum absolute atomic E-state index is 0.0188. The number of carbonyl (C=O) groups is 1. The molecule has 1 saturated heterocycles. The number of nitrogens with zero attached hydrogens (tertiary/aromatic N) is 3. The minimum atomic E-state index is -0.203. The number of aryl methyl sites for hydroxylation is 1. The van der Waals surface area contributed by atoms with Gasteiger partial charge in [0.2, 0.25) is 5.91 Å². The van der Waals surface area contributed by atoms with E-state index in [0.717, 1.165) is 5.82 Å². The van der Waals surface area contributed by atoms with E-state index in [-0.39, 0.29) is 18.1 Å². The lowest BCUT2D eigenvalue weighted by molar-refractivity contribution is -0.122. The summed E-state index contributed by atoms with van der Waals surface area (Å²) in [7, 11) is 0. The highest BCUT2D eigenvalue weighted by molar-refractivity contribution is 5.76. The number of hydrogen-bond acceptors (Lipinski definition) is 5. The van der Waals surface area contributed by atoms with Crippen LogP contribution in [0, 0.1) is 0 Å². The van der Waals surface area contributed by atoms with E-state index in [1.807, 2.05) is 10.8 Å². The van der Waals surface area contributed by atoms with Gasteiger partial charge < -0.3 is 19.4 Å². The Morgan fingerprint density at radius 1 is 1.54 bits per heavy atom. The molecule has 1 aliphatic rings. The van der Waals surface area contributed by atoms with Gasteiger partial charge in [0.25, 0.3) is 0 Å². The predicted octanol–water partition coefficient (Wildman–Crippen LogP) is 1.08. The van der Waals surface area contributed by atoms with Gasteiger partial charge in [-0.1, -0.05) is 13.8 Å². The average molecular weight is 333 g/mol.